The zero-order valence-corrected chi connectivity index (χ0v) is 17.4. The molecule has 3 aromatic rings. The molecule has 0 aliphatic carbocycles. The Kier molecular flexibility index (Phi) is 7.45. The molecule has 0 saturated heterocycles. The molecule has 7 heteroatoms. The number of benzene rings is 2. The van der Waals surface area contributed by atoms with Crippen LogP contribution in [0.5, 0.6) is 11.5 Å². The molecule has 0 atom stereocenters. The van der Waals surface area contributed by atoms with Crippen molar-refractivity contribution in [1.29, 1.82) is 0 Å². The van der Waals surface area contributed by atoms with Gasteiger partial charge in [0.05, 0.1) is 31.9 Å². The molecule has 0 radical (unpaired) electrons. The highest BCUT2D eigenvalue weighted by molar-refractivity contribution is 5.92. The number of aromatic nitrogens is 1. The monoisotopic (exact) mass is 410 g/mol. The number of anilines is 1. The van der Waals surface area contributed by atoms with Crippen LogP contribution in [0.2, 0.25) is 0 Å². The highest BCUT2D eigenvalue weighted by atomic mass is 16.5. The van der Waals surface area contributed by atoms with Crippen molar-refractivity contribution in [3.63, 3.8) is 0 Å². The average Bonchev–Trinajstić information content (AvgIpc) is 3.19. The zero-order chi connectivity index (χ0) is 21.3. The maximum absolute atomic E-state index is 12.5. The molecule has 3 rings (SSSR count). The van der Waals surface area contributed by atoms with E-state index in [2.05, 4.69) is 10.3 Å². The van der Waals surface area contributed by atoms with Crippen LogP contribution in [0.15, 0.2) is 53.1 Å². The predicted molar refractivity (Wildman–Crippen MR) is 114 cm³/mol. The third kappa shape index (κ3) is 5.39. The van der Waals surface area contributed by atoms with E-state index in [9.17, 15) is 4.79 Å². The van der Waals surface area contributed by atoms with Gasteiger partial charge in [-0.05, 0) is 38.1 Å². The minimum absolute atomic E-state index is 0.0974. The first-order chi connectivity index (χ1) is 14.6. The van der Waals surface area contributed by atoms with Crippen molar-refractivity contribution < 1.29 is 23.4 Å². The van der Waals surface area contributed by atoms with Gasteiger partial charge in [0.2, 0.25) is 11.8 Å². The molecular formula is C23H26N2O5. The topological polar surface area (TPSA) is 82.8 Å². The second kappa shape index (κ2) is 10.5. The quantitative estimate of drug-likeness (QED) is 0.531. The highest BCUT2D eigenvalue weighted by Crippen LogP contribution is 2.32. The first kappa shape index (κ1) is 21.4. The van der Waals surface area contributed by atoms with Crippen molar-refractivity contribution in [3.8, 4) is 23.0 Å². The molecule has 0 aliphatic heterocycles. The molecule has 158 valence electrons. The Labute approximate surface area is 176 Å². The minimum atomic E-state index is -0.180. The van der Waals surface area contributed by atoms with E-state index in [0.29, 0.717) is 42.9 Å². The molecule has 1 N–H and O–H groups in total. The maximum Gasteiger partial charge on any atom is 0.230 e. The molecule has 1 amide bonds. The molecule has 0 saturated carbocycles. The van der Waals surface area contributed by atoms with Crippen LogP contribution in [0, 0.1) is 0 Å². The number of amides is 1. The highest BCUT2D eigenvalue weighted by Gasteiger charge is 2.14. The summed E-state index contributed by atoms with van der Waals surface area (Å²) in [4.78, 5) is 16.9. The van der Waals surface area contributed by atoms with Gasteiger partial charge in [0.15, 0.2) is 11.5 Å². The van der Waals surface area contributed by atoms with Crippen LogP contribution < -0.4 is 14.8 Å². The van der Waals surface area contributed by atoms with Crippen LogP contribution in [-0.4, -0.2) is 31.2 Å². The second-order valence-electron chi connectivity index (χ2n) is 6.49. The average molecular weight is 410 g/mol. The first-order valence-electron chi connectivity index (χ1n) is 9.85. The van der Waals surface area contributed by atoms with E-state index < -0.39 is 0 Å². The molecule has 0 fully saturated rings. The predicted octanol–water partition coefficient (Wildman–Crippen LogP) is 4.47. The lowest BCUT2D eigenvalue weighted by Crippen LogP contribution is -2.16. The molecule has 1 aromatic heterocycles. The van der Waals surface area contributed by atoms with Gasteiger partial charge in [-0.15, -0.1) is 0 Å². The number of para-hydroxylation sites is 1. The summed E-state index contributed by atoms with van der Waals surface area (Å²) in [6.45, 7) is 5.32. The van der Waals surface area contributed by atoms with E-state index in [0.717, 1.165) is 16.8 Å². The molecule has 7 nitrogen and oxygen atoms in total. The summed E-state index contributed by atoms with van der Waals surface area (Å²) in [6, 6.07) is 13.0. The van der Waals surface area contributed by atoms with Gasteiger partial charge in [-0.3, -0.25) is 4.79 Å². The van der Waals surface area contributed by atoms with Crippen molar-refractivity contribution in [3.05, 3.63) is 60.0 Å². The Morgan fingerprint density at radius 2 is 1.83 bits per heavy atom. The van der Waals surface area contributed by atoms with Gasteiger partial charge < -0.3 is 23.9 Å². The number of carbonyl (C=O) groups is 1. The second-order valence-corrected chi connectivity index (χ2v) is 6.49. The number of methoxy groups -OCH3 is 1. The van der Waals surface area contributed by atoms with Crippen molar-refractivity contribution in [2.75, 3.05) is 25.6 Å². The summed E-state index contributed by atoms with van der Waals surface area (Å²) in [6.07, 6.45) is 1.59. The Balaban J connectivity index is 1.71. The van der Waals surface area contributed by atoms with Crippen LogP contribution in [-0.2, 0) is 22.6 Å². The van der Waals surface area contributed by atoms with Crippen molar-refractivity contribution >= 4 is 11.6 Å². The lowest BCUT2D eigenvalue weighted by Gasteiger charge is -2.11. The summed E-state index contributed by atoms with van der Waals surface area (Å²) in [5.74, 6) is 1.54. The van der Waals surface area contributed by atoms with Crippen LogP contribution in [0.25, 0.3) is 11.5 Å². The van der Waals surface area contributed by atoms with E-state index in [-0.39, 0.29) is 12.3 Å². The van der Waals surface area contributed by atoms with E-state index in [1.807, 2.05) is 56.3 Å². The van der Waals surface area contributed by atoms with Crippen molar-refractivity contribution in [2.45, 2.75) is 26.9 Å². The third-order valence-electron chi connectivity index (χ3n) is 4.28. The fraction of sp³-hybridized carbons (Fsp3) is 0.304. The van der Waals surface area contributed by atoms with Crippen LogP contribution in [0.3, 0.4) is 0 Å². The molecule has 0 bridgehead atoms. The number of hydrogen-bond acceptors (Lipinski definition) is 6. The fourth-order valence-electron chi connectivity index (χ4n) is 2.99. The number of nitrogens with one attached hydrogen (secondary N) is 1. The Morgan fingerprint density at radius 1 is 1.07 bits per heavy atom. The van der Waals surface area contributed by atoms with Crippen molar-refractivity contribution in [2.24, 2.45) is 0 Å². The van der Waals surface area contributed by atoms with E-state index >= 15 is 0 Å². The minimum Gasteiger partial charge on any atom is -0.490 e. The number of rotatable bonds is 10. The fourth-order valence-corrected chi connectivity index (χ4v) is 2.99. The largest absolute Gasteiger partial charge is 0.490 e. The summed E-state index contributed by atoms with van der Waals surface area (Å²) in [5, 5.41) is 2.90. The molecular weight excluding hydrogens is 384 g/mol. The van der Waals surface area contributed by atoms with Gasteiger partial charge in [-0.2, -0.15) is 0 Å². The van der Waals surface area contributed by atoms with E-state index in [1.54, 1.807) is 7.11 Å². The summed E-state index contributed by atoms with van der Waals surface area (Å²) in [5.41, 5.74) is 2.92. The van der Waals surface area contributed by atoms with Crippen LogP contribution in [0.4, 0.5) is 5.69 Å². The molecule has 0 spiro atoms. The van der Waals surface area contributed by atoms with Crippen LogP contribution >= 0.6 is 0 Å². The number of hydrogen-bond donors (Lipinski definition) is 1. The van der Waals surface area contributed by atoms with Crippen molar-refractivity contribution in [1.82, 2.24) is 4.98 Å². The number of nitrogens with zero attached hydrogens (tertiary/aromatic N) is 1. The number of ether oxygens (including phenoxy) is 3. The third-order valence-corrected chi connectivity index (χ3v) is 4.28. The zero-order valence-electron chi connectivity index (χ0n) is 17.4. The summed E-state index contributed by atoms with van der Waals surface area (Å²) in [7, 11) is 1.62. The molecule has 2 aromatic carbocycles. The standard InChI is InChI=1S/C23H26N2O5/c1-4-28-20-11-10-16(12-21(20)29-5-2)23-24-18(15-30-23)13-22(26)25-19-9-7-6-8-17(19)14-27-3/h6-12,15H,4-5,13-14H2,1-3H3,(H,25,26). The Morgan fingerprint density at radius 3 is 2.60 bits per heavy atom. The smallest absolute Gasteiger partial charge is 0.230 e. The van der Waals surface area contributed by atoms with Gasteiger partial charge in [-0.25, -0.2) is 4.98 Å². The first-order valence-corrected chi connectivity index (χ1v) is 9.85. The van der Waals surface area contributed by atoms with E-state index in [1.165, 1.54) is 6.26 Å². The Bertz CT molecular complexity index is 983. The molecule has 30 heavy (non-hydrogen) atoms. The molecule has 1 heterocycles. The number of carbonyl (C=O) groups excluding carboxylic acids is 1. The lowest BCUT2D eigenvalue weighted by atomic mass is 10.2. The Hall–Kier alpha value is -3.32. The summed E-state index contributed by atoms with van der Waals surface area (Å²) >= 11 is 0. The normalized spacial score (nSPS) is 10.6. The summed E-state index contributed by atoms with van der Waals surface area (Å²) < 4.78 is 22.0. The number of oxazole rings is 1. The maximum atomic E-state index is 12.5. The lowest BCUT2D eigenvalue weighted by molar-refractivity contribution is -0.115. The van der Waals surface area contributed by atoms with Crippen LogP contribution in [0.1, 0.15) is 25.1 Å². The van der Waals surface area contributed by atoms with Gasteiger partial charge in [-0.1, -0.05) is 18.2 Å². The van der Waals surface area contributed by atoms with Gasteiger partial charge in [0.1, 0.15) is 6.26 Å². The van der Waals surface area contributed by atoms with Gasteiger partial charge in [0.25, 0.3) is 0 Å². The molecule has 0 unspecified atom stereocenters. The van der Waals surface area contributed by atoms with Gasteiger partial charge >= 0.3 is 0 Å². The van der Waals surface area contributed by atoms with E-state index in [4.69, 9.17) is 18.6 Å². The van der Waals surface area contributed by atoms with Gasteiger partial charge in [0, 0.05) is 23.9 Å². The SMILES string of the molecule is CCOc1ccc(-c2nc(CC(=O)Nc3ccccc3COC)co2)cc1OCC. The molecule has 0 aliphatic rings.